The van der Waals surface area contributed by atoms with Gasteiger partial charge in [-0.25, -0.2) is 14.8 Å². The number of nitrogens with zero attached hydrogens (tertiary/aromatic N) is 3. The molecule has 0 aliphatic carbocycles. The number of fused-ring (bicyclic) bond motifs is 1. The van der Waals surface area contributed by atoms with Gasteiger partial charge in [-0.1, -0.05) is 48.5 Å². The van der Waals surface area contributed by atoms with Crippen LogP contribution in [0.2, 0.25) is 0 Å². The quantitative estimate of drug-likeness (QED) is 0.344. The number of anilines is 1. The van der Waals surface area contributed by atoms with Crippen LogP contribution >= 0.6 is 27.3 Å². The van der Waals surface area contributed by atoms with Gasteiger partial charge in [-0.3, -0.25) is 10.1 Å². The Balaban J connectivity index is 1.28. The van der Waals surface area contributed by atoms with Crippen LogP contribution < -0.4 is 10.6 Å². The van der Waals surface area contributed by atoms with E-state index in [2.05, 4.69) is 54.7 Å². The minimum atomic E-state index is -0.526. The van der Waals surface area contributed by atoms with Gasteiger partial charge >= 0.3 is 6.03 Å². The first-order valence-electron chi connectivity index (χ1n) is 10.5. The van der Waals surface area contributed by atoms with Crippen molar-refractivity contribution in [2.24, 2.45) is 0 Å². The standard InChI is InChI=1S/C24H20BrN5O2S/c25-17-14-27-23(28-21(17)20-13-16-8-4-5-9-19(16)33-20)26-10-11-30-18(22(31)29-24(30)32)12-15-6-2-1-3-7-15/h1-9,13-14,18H,10-12H2,(H,26,27,28)(H,29,31,32). The molecular formula is C24H20BrN5O2S. The average molecular weight is 522 g/mol. The summed E-state index contributed by atoms with van der Waals surface area (Å²) in [5.41, 5.74) is 1.82. The zero-order valence-electron chi connectivity index (χ0n) is 17.5. The van der Waals surface area contributed by atoms with Crippen LogP contribution in [0.4, 0.5) is 10.7 Å². The van der Waals surface area contributed by atoms with Crippen molar-refractivity contribution in [3.05, 3.63) is 76.9 Å². The van der Waals surface area contributed by atoms with Crippen molar-refractivity contribution in [3.63, 3.8) is 0 Å². The van der Waals surface area contributed by atoms with Crippen LogP contribution in [0.5, 0.6) is 0 Å². The predicted molar refractivity (Wildman–Crippen MR) is 133 cm³/mol. The first-order valence-corrected chi connectivity index (χ1v) is 12.1. The number of hydrogen-bond donors (Lipinski definition) is 2. The number of rotatable bonds is 7. The Morgan fingerprint density at radius 2 is 1.88 bits per heavy atom. The van der Waals surface area contributed by atoms with Gasteiger partial charge in [0, 0.05) is 30.4 Å². The molecule has 33 heavy (non-hydrogen) atoms. The second kappa shape index (κ2) is 9.29. The molecule has 0 spiro atoms. The van der Waals surface area contributed by atoms with E-state index >= 15 is 0 Å². The van der Waals surface area contributed by atoms with Crippen LogP contribution in [-0.4, -0.2) is 45.9 Å². The van der Waals surface area contributed by atoms with E-state index in [9.17, 15) is 9.59 Å². The largest absolute Gasteiger partial charge is 0.352 e. The fraction of sp³-hybridized carbons (Fsp3) is 0.167. The monoisotopic (exact) mass is 521 g/mol. The number of urea groups is 1. The molecule has 2 N–H and O–H groups in total. The van der Waals surface area contributed by atoms with Crippen LogP contribution in [0.3, 0.4) is 0 Å². The van der Waals surface area contributed by atoms with Crippen molar-refractivity contribution < 1.29 is 9.59 Å². The number of thiophene rings is 1. The molecule has 1 saturated heterocycles. The number of halogens is 1. The molecule has 1 fully saturated rings. The number of benzene rings is 2. The minimum absolute atomic E-state index is 0.268. The molecule has 4 aromatic rings. The van der Waals surface area contributed by atoms with E-state index in [1.165, 1.54) is 10.1 Å². The molecule has 166 valence electrons. The lowest BCUT2D eigenvalue weighted by molar-refractivity contribution is -0.121. The Bertz CT molecular complexity index is 1290. The average Bonchev–Trinajstić information content (AvgIpc) is 3.36. The first kappa shape index (κ1) is 21.5. The summed E-state index contributed by atoms with van der Waals surface area (Å²) in [5.74, 6) is 0.201. The Morgan fingerprint density at radius 3 is 2.70 bits per heavy atom. The second-order valence-corrected chi connectivity index (χ2v) is 9.60. The maximum absolute atomic E-state index is 12.3. The van der Waals surface area contributed by atoms with E-state index in [1.807, 2.05) is 42.5 Å². The summed E-state index contributed by atoms with van der Waals surface area (Å²) in [7, 11) is 0. The molecule has 1 unspecified atom stereocenters. The zero-order chi connectivity index (χ0) is 22.8. The molecule has 0 radical (unpaired) electrons. The van der Waals surface area contributed by atoms with Crippen LogP contribution in [0.15, 0.2) is 71.3 Å². The van der Waals surface area contributed by atoms with Gasteiger partial charge in [0.2, 0.25) is 5.95 Å². The molecular weight excluding hydrogens is 502 g/mol. The van der Waals surface area contributed by atoms with E-state index in [-0.39, 0.29) is 11.9 Å². The van der Waals surface area contributed by atoms with Crippen molar-refractivity contribution in [3.8, 4) is 10.6 Å². The van der Waals surface area contributed by atoms with Gasteiger partial charge < -0.3 is 10.2 Å². The summed E-state index contributed by atoms with van der Waals surface area (Å²) in [5, 5.41) is 6.78. The molecule has 3 amide bonds. The van der Waals surface area contributed by atoms with Gasteiger partial charge in [0.05, 0.1) is 9.35 Å². The highest BCUT2D eigenvalue weighted by molar-refractivity contribution is 9.10. The third-order valence-electron chi connectivity index (χ3n) is 5.48. The molecule has 1 atom stereocenters. The van der Waals surface area contributed by atoms with E-state index in [4.69, 9.17) is 0 Å². The van der Waals surface area contributed by atoms with Crippen LogP contribution in [-0.2, 0) is 11.2 Å². The molecule has 2 aromatic heterocycles. The fourth-order valence-corrected chi connectivity index (χ4v) is 5.46. The van der Waals surface area contributed by atoms with Crippen molar-refractivity contribution in [1.29, 1.82) is 0 Å². The number of nitrogens with one attached hydrogen (secondary N) is 2. The Labute approximate surface area is 203 Å². The topological polar surface area (TPSA) is 87.2 Å². The smallest absolute Gasteiger partial charge is 0.324 e. The van der Waals surface area contributed by atoms with Gasteiger partial charge in [-0.2, -0.15) is 0 Å². The van der Waals surface area contributed by atoms with Crippen molar-refractivity contribution in [2.45, 2.75) is 12.5 Å². The summed E-state index contributed by atoms with van der Waals surface area (Å²) < 4.78 is 2.01. The third-order valence-corrected chi connectivity index (χ3v) is 7.18. The molecule has 0 bridgehead atoms. The molecule has 1 aliphatic heterocycles. The molecule has 0 saturated carbocycles. The Morgan fingerprint density at radius 1 is 1.09 bits per heavy atom. The molecule has 3 heterocycles. The van der Waals surface area contributed by atoms with E-state index in [0.717, 1.165) is 20.6 Å². The third kappa shape index (κ3) is 4.60. The maximum Gasteiger partial charge on any atom is 0.324 e. The van der Waals surface area contributed by atoms with Gasteiger partial charge in [0.1, 0.15) is 11.7 Å². The lowest BCUT2D eigenvalue weighted by Crippen LogP contribution is -2.39. The molecule has 2 aromatic carbocycles. The number of carbonyl (C=O) groups is 2. The van der Waals surface area contributed by atoms with Gasteiger partial charge in [-0.15, -0.1) is 11.3 Å². The second-order valence-electron chi connectivity index (χ2n) is 7.66. The summed E-state index contributed by atoms with van der Waals surface area (Å²) in [6, 6.07) is 19.1. The summed E-state index contributed by atoms with van der Waals surface area (Å²) in [6.07, 6.45) is 2.20. The van der Waals surface area contributed by atoms with Crippen molar-refractivity contribution >= 4 is 55.2 Å². The molecule has 5 rings (SSSR count). The van der Waals surface area contributed by atoms with Gasteiger partial charge in [0.15, 0.2) is 0 Å². The van der Waals surface area contributed by atoms with Gasteiger partial charge in [-0.05, 0) is 39.0 Å². The number of amides is 3. The normalized spacial score (nSPS) is 15.8. The molecule has 7 nitrogen and oxygen atoms in total. The number of carbonyl (C=O) groups excluding carboxylic acids is 2. The summed E-state index contributed by atoms with van der Waals surface area (Å²) in [4.78, 5) is 36.3. The minimum Gasteiger partial charge on any atom is -0.352 e. The van der Waals surface area contributed by atoms with E-state index < -0.39 is 6.04 Å². The lowest BCUT2D eigenvalue weighted by Gasteiger charge is -2.22. The number of aromatic nitrogens is 2. The lowest BCUT2D eigenvalue weighted by atomic mass is 10.1. The number of hydrogen-bond acceptors (Lipinski definition) is 6. The fourth-order valence-electron chi connectivity index (χ4n) is 3.85. The SMILES string of the molecule is O=C1NC(=O)N(CCNc2ncc(Br)c(-c3cc4ccccc4s3)n2)C1Cc1ccccc1. The van der Waals surface area contributed by atoms with E-state index in [1.54, 1.807) is 22.4 Å². The first-order chi connectivity index (χ1) is 16.1. The van der Waals surface area contributed by atoms with Crippen molar-refractivity contribution in [1.82, 2.24) is 20.2 Å². The van der Waals surface area contributed by atoms with Crippen LogP contribution in [0, 0.1) is 0 Å². The highest BCUT2D eigenvalue weighted by atomic mass is 79.9. The summed E-state index contributed by atoms with van der Waals surface area (Å²) >= 11 is 5.23. The molecule has 1 aliphatic rings. The predicted octanol–water partition coefficient (Wildman–Crippen LogP) is 4.70. The summed E-state index contributed by atoms with van der Waals surface area (Å²) in [6.45, 7) is 0.770. The Hall–Kier alpha value is -3.30. The zero-order valence-corrected chi connectivity index (χ0v) is 19.9. The highest BCUT2D eigenvalue weighted by Crippen LogP contribution is 2.36. The van der Waals surface area contributed by atoms with Gasteiger partial charge in [0.25, 0.3) is 5.91 Å². The molecule has 9 heteroatoms. The maximum atomic E-state index is 12.3. The van der Waals surface area contributed by atoms with Crippen molar-refractivity contribution in [2.75, 3.05) is 18.4 Å². The number of imide groups is 1. The highest BCUT2D eigenvalue weighted by Gasteiger charge is 2.37. The van der Waals surface area contributed by atoms with E-state index in [0.29, 0.717) is 25.5 Å². The van der Waals surface area contributed by atoms with Crippen LogP contribution in [0.1, 0.15) is 5.56 Å². The van der Waals surface area contributed by atoms with Crippen LogP contribution in [0.25, 0.3) is 20.7 Å². The Kier molecular flexibility index (Phi) is 6.06.